The van der Waals surface area contributed by atoms with Crippen LogP contribution < -0.4 is 0 Å². The molecular weight excluding hydrogens is 264 g/mol. The summed E-state index contributed by atoms with van der Waals surface area (Å²) in [6, 6.07) is 1.77. The summed E-state index contributed by atoms with van der Waals surface area (Å²) >= 11 is 4.66. The van der Waals surface area contributed by atoms with Crippen LogP contribution in [0.1, 0.15) is 28.9 Å². The lowest BCUT2D eigenvalue weighted by Crippen LogP contribution is -2.08. The molecule has 0 unspecified atom stereocenters. The largest absolute Gasteiger partial charge is 0.299 e. The van der Waals surface area contributed by atoms with Gasteiger partial charge in [-0.3, -0.25) is 9.59 Å². The Labute approximate surface area is 94.4 Å². The van der Waals surface area contributed by atoms with Crippen LogP contribution in [0.2, 0.25) is 0 Å². The van der Waals surface area contributed by atoms with Gasteiger partial charge in [-0.15, -0.1) is 11.3 Å². The highest BCUT2D eigenvalue weighted by molar-refractivity contribution is 9.10. The quantitative estimate of drug-likeness (QED) is 0.624. The summed E-state index contributed by atoms with van der Waals surface area (Å²) in [5.74, 6) is 0.250. The second-order valence-electron chi connectivity index (χ2n) is 3.47. The van der Waals surface area contributed by atoms with Gasteiger partial charge in [0.2, 0.25) is 0 Å². The van der Waals surface area contributed by atoms with Gasteiger partial charge < -0.3 is 0 Å². The number of carbonyl (C=O) groups is 2. The summed E-state index contributed by atoms with van der Waals surface area (Å²) in [5.41, 5.74) is 0. The van der Waals surface area contributed by atoms with Gasteiger partial charge in [-0.2, -0.15) is 0 Å². The van der Waals surface area contributed by atoms with Crippen molar-refractivity contribution >= 4 is 38.8 Å². The molecule has 4 heteroatoms. The van der Waals surface area contributed by atoms with E-state index >= 15 is 0 Å². The lowest BCUT2D eigenvalue weighted by Gasteiger charge is -1.95. The van der Waals surface area contributed by atoms with Crippen LogP contribution in [0.5, 0.6) is 0 Å². The second kappa shape index (κ2) is 3.95. The summed E-state index contributed by atoms with van der Waals surface area (Å²) in [6.45, 7) is 0. The van der Waals surface area contributed by atoms with Crippen LogP contribution in [0, 0.1) is 5.92 Å². The van der Waals surface area contributed by atoms with Gasteiger partial charge in [0.1, 0.15) is 5.78 Å². The molecular formula is C10H9BrO2S. The topological polar surface area (TPSA) is 34.1 Å². The number of halogens is 1. The van der Waals surface area contributed by atoms with Gasteiger partial charge in [0.05, 0.1) is 11.3 Å². The van der Waals surface area contributed by atoms with Gasteiger partial charge in [-0.05, 0) is 34.8 Å². The number of hydrogen-bond acceptors (Lipinski definition) is 3. The number of Topliss-reactive ketones (excluding diaryl/α,β-unsaturated/α-hetero) is 2. The minimum Gasteiger partial charge on any atom is -0.299 e. The Morgan fingerprint density at radius 1 is 1.50 bits per heavy atom. The Hall–Kier alpha value is -0.480. The maximum absolute atomic E-state index is 11.6. The molecule has 1 saturated carbocycles. The summed E-state index contributed by atoms with van der Waals surface area (Å²) in [6.07, 6.45) is 2.03. The highest BCUT2D eigenvalue weighted by Crippen LogP contribution is 2.31. The molecule has 1 aromatic rings. The average Bonchev–Trinajstić information content (AvgIpc) is 2.89. The third-order valence-corrected chi connectivity index (χ3v) is 3.94. The van der Waals surface area contributed by atoms with Crippen molar-refractivity contribution in [2.45, 2.75) is 19.3 Å². The summed E-state index contributed by atoms with van der Waals surface area (Å²) in [7, 11) is 0. The van der Waals surface area contributed by atoms with Crippen molar-refractivity contribution in [2.24, 2.45) is 5.92 Å². The molecule has 1 aliphatic rings. The van der Waals surface area contributed by atoms with E-state index in [0.29, 0.717) is 4.88 Å². The highest BCUT2D eigenvalue weighted by atomic mass is 79.9. The lowest BCUT2D eigenvalue weighted by atomic mass is 10.1. The zero-order valence-corrected chi connectivity index (χ0v) is 9.86. The average molecular weight is 273 g/mol. The monoisotopic (exact) mass is 272 g/mol. The first-order valence-electron chi connectivity index (χ1n) is 4.47. The molecule has 2 nitrogen and oxygen atoms in total. The standard InChI is InChI=1S/C10H9BrO2S/c11-7-3-10(14-5-7)9(13)4-8(12)6-1-2-6/h3,5-6H,1-2,4H2. The minimum absolute atomic E-state index is 0.0439. The molecule has 1 fully saturated rings. The Morgan fingerprint density at radius 3 is 2.71 bits per heavy atom. The van der Waals surface area contributed by atoms with Crippen LogP contribution in [0.4, 0.5) is 0 Å². The first-order chi connectivity index (χ1) is 6.66. The molecule has 0 amide bonds. The third kappa shape index (κ3) is 2.30. The van der Waals surface area contributed by atoms with Crippen molar-refractivity contribution in [3.8, 4) is 0 Å². The molecule has 0 saturated heterocycles. The van der Waals surface area contributed by atoms with Gasteiger partial charge in [0.25, 0.3) is 0 Å². The van der Waals surface area contributed by atoms with Gasteiger partial charge in [0, 0.05) is 15.8 Å². The molecule has 0 N–H and O–H groups in total. The molecule has 0 atom stereocenters. The lowest BCUT2D eigenvalue weighted by molar-refractivity contribution is -0.119. The van der Waals surface area contributed by atoms with Gasteiger partial charge in [0.15, 0.2) is 5.78 Å². The van der Waals surface area contributed by atoms with Crippen molar-refractivity contribution in [3.05, 3.63) is 20.8 Å². The molecule has 1 aliphatic carbocycles. The predicted octanol–water partition coefficient (Wildman–Crippen LogP) is 3.06. The molecule has 0 radical (unpaired) electrons. The maximum Gasteiger partial charge on any atom is 0.180 e. The Balaban J connectivity index is 1.98. The summed E-state index contributed by atoms with van der Waals surface area (Å²) in [5, 5.41) is 1.86. The Bertz CT molecular complexity index is 379. The SMILES string of the molecule is O=C(CC(=O)C1CC1)c1cc(Br)cs1. The second-order valence-corrected chi connectivity index (χ2v) is 5.30. The van der Waals surface area contributed by atoms with E-state index in [1.165, 1.54) is 11.3 Å². The fourth-order valence-corrected chi connectivity index (χ4v) is 2.62. The molecule has 0 aromatic carbocycles. The molecule has 1 heterocycles. The first kappa shape index (κ1) is 10.1. The van der Waals surface area contributed by atoms with E-state index in [1.54, 1.807) is 6.07 Å². The molecule has 14 heavy (non-hydrogen) atoms. The van der Waals surface area contributed by atoms with Crippen molar-refractivity contribution in [1.29, 1.82) is 0 Å². The van der Waals surface area contributed by atoms with Crippen LogP contribution in [0.15, 0.2) is 15.9 Å². The Morgan fingerprint density at radius 2 is 2.21 bits per heavy atom. The van der Waals surface area contributed by atoms with Crippen molar-refractivity contribution in [3.63, 3.8) is 0 Å². The Kier molecular flexibility index (Phi) is 2.83. The number of thiophene rings is 1. The van der Waals surface area contributed by atoms with Crippen molar-refractivity contribution < 1.29 is 9.59 Å². The van der Waals surface area contributed by atoms with E-state index in [2.05, 4.69) is 15.9 Å². The molecule has 0 aliphatic heterocycles. The zero-order valence-electron chi connectivity index (χ0n) is 7.46. The van der Waals surface area contributed by atoms with Crippen molar-refractivity contribution in [1.82, 2.24) is 0 Å². The van der Waals surface area contributed by atoms with Gasteiger partial charge >= 0.3 is 0 Å². The fourth-order valence-electron chi connectivity index (χ4n) is 1.25. The zero-order chi connectivity index (χ0) is 10.1. The van der Waals surface area contributed by atoms with E-state index in [4.69, 9.17) is 0 Å². The maximum atomic E-state index is 11.6. The van der Waals surface area contributed by atoms with E-state index < -0.39 is 0 Å². The summed E-state index contributed by atoms with van der Waals surface area (Å²) in [4.78, 5) is 23.6. The van der Waals surface area contributed by atoms with Gasteiger partial charge in [-0.1, -0.05) is 0 Å². The van der Waals surface area contributed by atoms with Crippen LogP contribution in [0.25, 0.3) is 0 Å². The number of hydrogen-bond donors (Lipinski definition) is 0. The smallest absolute Gasteiger partial charge is 0.180 e. The van der Waals surface area contributed by atoms with Crippen LogP contribution in [0.3, 0.4) is 0 Å². The van der Waals surface area contributed by atoms with Gasteiger partial charge in [-0.25, -0.2) is 0 Å². The minimum atomic E-state index is -0.0439. The van der Waals surface area contributed by atoms with Crippen molar-refractivity contribution in [2.75, 3.05) is 0 Å². The first-order valence-corrected chi connectivity index (χ1v) is 6.14. The van der Waals surface area contributed by atoms with Crippen LogP contribution in [-0.4, -0.2) is 11.6 Å². The number of carbonyl (C=O) groups excluding carboxylic acids is 2. The highest BCUT2D eigenvalue weighted by Gasteiger charge is 2.30. The van der Waals surface area contributed by atoms with E-state index in [-0.39, 0.29) is 23.9 Å². The molecule has 1 aromatic heterocycles. The number of ketones is 2. The van der Waals surface area contributed by atoms with E-state index in [0.717, 1.165) is 17.3 Å². The predicted molar refractivity (Wildman–Crippen MR) is 58.7 cm³/mol. The van der Waals surface area contributed by atoms with E-state index in [1.807, 2.05) is 5.38 Å². The number of rotatable bonds is 4. The molecule has 74 valence electrons. The third-order valence-electron chi connectivity index (χ3n) is 2.21. The molecule has 2 rings (SSSR count). The van der Waals surface area contributed by atoms with Crippen LogP contribution in [-0.2, 0) is 4.79 Å². The summed E-state index contributed by atoms with van der Waals surface area (Å²) < 4.78 is 0.907. The normalized spacial score (nSPS) is 15.5. The van der Waals surface area contributed by atoms with Crippen LogP contribution >= 0.6 is 27.3 Å². The molecule has 0 spiro atoms. The fraction of sp³-hybridized carbons (Fsp3) is 0.400. The van der Waals surface area contributed by atoms with E-state index in [9.17, 15) is 9.59 Å². The molecule has 0 bridgehead atoms.